The molecule has 0 unspecified atom stereocenters. The van der Waals surface area contributed by atoms with Crippen molar-refractivity contribution in [1.82, 2.24) is 5.32 Å². The Kier molecular flexibility index (Phi) is 4.51. The van der Waals surface area contributed by atoms with Crippen LogP contribution < -0.4 is 10.2 Å². The summed E-state index contributed by atoms with van der Waals surface area (Å²) in [5.74, 6) is 0.611. The number of hydrogen-bond acceptors (Lipinski definition) is 2. The third-order valence-corrected chi connectivity index (χ3v) is 3.97. The van der Waals surface area contributed by atoms with Crippen molar-refractivity contribution in [3.63, 3.8) is 0 Å². The lowest BCUT2D eigenvalue weighted by molar-refractivity contribution is 0.364. The maximum absolute atomic E-state index is 3.65. The zero-order valence-corrected chi connectivity index (χ0v) is 12.9. The number of anilines is 1. The molecular weight excluding hydrogens is 232 g/mol. The maximum atomic E-state index is 3.65. The van der Waals surface area contributed by atoms with E-state index in [-0.39, 0.29) is 5.54 Å². The summed E-state index contributed by atoms with van der Waals surface area (Å²) >= 11 is 0. The molecule has 1 aromatic carbocycles. The molecule has 0 amide bonds. The van der Waals surface area contributed by atoms with Gasteiger partial charge in [0.15, 0.2) is 0 Å². The molecule has 1 aliphatic rings. The predicted octanol–water partition coefficient (Wildman–Crippen LogP) is 3.78. The van der Waals surface area contributed by atoms with Crippen LogP contribution in [0.5, 0.6) is 0 Å². The van der Waals surface area contributed by atoms with E-state index in [2.05, 4.69) is 62.2 Å². The molecule has 0 atom stereocenters. The van der Waals surface area contributed by atoms with Gasteiger partial charge in [-0.3, -0.25) is 0 Å². The minimum absolute atomic E-state index is 0.192. The van der Waals surface area contributed by atoms with Gasteiger partial charge in [0.1, 0.15) is 0 Å². The highest BCUT2D eigenvalue weighted by atomic mass is 15.2. The monoisotopic (exact) mass is 260 g/mol. The van der Waals surface area contributed by atoms with Crippen LogP contribution in [-0.2, 0) is 0 Å². The van der Waals surface area contributed by atoms with E-state index in [1.165, 1.54) is 30.6 Å². The average molecular weight is 260 g/mol. The zero-order valence-electron chi connectivity index (χ0n) is 12.9. The van der Waals surface area contributed by atoms with Crippen molar-refractivity contribution in [2.24, 2.45) is 0 Å². The molecule has 1 saturated heterocycles. The van der Waals surface area contributed by atoms with Crippen LogP contribution in [0.3, 0.4) is 0 Å². The molecular formula is C17H28N2. The van der Waals surface area contributed by atoms with Crippen molar-refractivity contribution in [1.29, 1.82) is 0 Å². The van der Waals surface area contributed by atoms with E-state index in [0.717, 1.165) is 13.1 Å². The fraction of sp³-hybridized carbons (Fsp3) is 0.647. The second kappa shape index (κ2) is 5.96. The highest BCUT2D eigenvalue weighted by molar-refractivity contribution is 5.48. The van der Waals surface area contributed by atoms with Crippen LogP contribution in [0.25, 0.3) is 0 Å². The van der Waals surface area contributed by atoms with Gasteiger partial charge in [0.2, 0.25) is 0 Å². The lowest BCUT2D eigenvalue weighted by Gasteiger charge is -2.37. The smallest absolute Gasteiger partial charge is 0.0367 e. The molecule has 0 saturated carbocycles. The van der Waals surface area contributed by atoms with Crippen molar-refractivity contribution in [3.8, 4) is 0 Å². The Bertz CT molecular complexity index is 392. The van der Waals surface area contributed by atoms with Crippen molar-refractivity contribution >= 4 is 5.69 Å². The summed E-state index contributed by atoms with van der Waals surface area (Å²) in [6.45, 7) is 12.5. The van der Waals surface area contributed by atoms with Gasteiger partial charge in [-0.05, 0) is 56.8 Å². The number of rotatable bonds is 2. The summed E-state index contributed by atoms with van der Waals surface area (Å²) in [6.07, 6.45) is 2.54. The van der Waals surface area contributed by atoms with E-state index in [1.54, 1.807) is 0 Å². The van der Waals surface area contributed by atoms with Crippen molar-refractivity contribution in [2.45, 2.75) is 52.0 Å². The van der Waals surface area contributed by atoms with Crippen molar-refractivity contribution in [2.75, 3.05) is 24.5 Å². The lowest BCUT2D eigenvalue weighted by Crippen LogP contribution is -2.51. The van der Waals surface area contributed by atoms with Gasteiger partial charge in [0, 0.05) is 24.3 Å². The predicted molar refractivity (Wildman–Crippen MR) is 84.1 cm³/mol. The molecule has 2 heteroatoms. The Morgan fingerprint density at radius 1 is 1.11 bits per heavy atom. The number of nitrogens with zero attached hydrogens (tertiary/aromatic N) is 1. The average Bonchev–Trinajstić information content (AvgIpc) is 2.34. The van der Waals surface area contributed by atoms with Gasteiger partial charge in [0.05, 0.1) is 0 Å². The first-order valence-corrected chi connectivity index (χ1v) is 7.58. The lowest BCUT2D eigenvalue weighted by atomic mass is 10.00. The van der Waals surface area contributed by atoms with Gasteiger partial charge < -0.3 is 10.2 Å². The Balaban J connectivity index is 2.13. The van der Waals surface area contributed by atoms with E-state index in [4.69, 9.17) is 0 Å². The van der Waals surface area contributed by atoms with Crippen LogP contribution in [0.2, 0.25) is 0 Å². The number of hydrogen-bond donors (Lipinski definition) is 1. The molecule has 2 rings (SSSR count). The van der Waals surface area contributed by atoms with Crippen LogP contribution >= 0.6 is 0 Å². The minimum Gasteiger partial charge on any atom is -0.370 e. The minimum atomic E-state index is 0.192. The molecule has 1 aromatic rings. The van der Waals surface area contributed by atoms with Gasteiger partial charge in [-0.25, -0.2) is 0 Å². The van der Waals surface area contributed by atoms with E-state index in [1.807, 2.05) is 0 Å². The Morgan fingerprint density at radius 2 is 1.79 bits per heavy atom. The van der Waals surface area contributed by atoms with E-state index < -0.39 is 0 Å². The zero-order chi connectivity index (χ0) is 13.9. The maximum Gasteiger partial charge on any atom is 0.0367 e. The molecule has 0 aliphatic carbocycles. The second-order valence-electron chi connectivity index (χ2n) is 6.69. The molecule has 0 aromatic heterocycles. The third-order valence-electron chi connectivity index (χ3n) is 3.97. The molecule has 1 N–H and O–H groups in total. The molecule has 1 heterocycles. The van der Waals surface area contributed by atoms with E-state index >= 15 is 0 Å². The van der Waals surface area contributed by atoms with Gasteiger partial charge in [0.25, 0.3) is 0 Å². The topological polar surface area (TPSA) is 15.3 Å². The molecule has 1 fully saturated rings. The fourth-order valence-corrected chi connectivity index (χ4v) is 2.76. The Labute approximate surface area is 118 Å². The van der Waals surface area contributed by atoms with Crippen LogP contribution in [0.1, 0.15) is 52.0 Å². The Morgan fingerprint density at radius 3 is 2.42 bits per heavy atom. The molecule has 0 spiro atoms. The van der Waals surface area contributed by atoms with Crippen molar-refractivity contribution in [3.05, 3.63) is 29.8 Å². The van der Waals surface area contributed by atoms with Crippen LogP contribution in [0, 0.1) is 0 Å². The van der Waals surface area contributed by atoms with E-state index in [0.29, 0.717) is 5.92 Å². The summed E-state index contributed by atoms with van der Waals surface area (Å²) in [4.78, 5) is 2.52. The molecule has 0 bridgehead atoms. The van der Waals surface area contributed by atoms with Crippen LogP contribution in [-0.4, -0.2) is 25.2 Å². The Hall–Kier alpha value is -1.02. The normalized spacial score (nSPS) is 20.2. The van der Waals surface area contributed by atoms with Gasteiger partial charge in [-0.2, -0.15) is 0 Å². The number of nitrogens with one attached hydrogen (secondary N) is 1. The quantitative estimate of drug-likeness (QED) is 0.870. The highest BCUT2D eigenvalue weighted by Crippen LogP contribution is 2.23. The molecule has 2 nitrogen and oxygen atoms in total. The summed E-state index contributed by atoms with van der Waals surface area (Å²) < 4.78 is 0. The van der Waals surface area contributed by atoms with Gasteiger partial charge in [-0.15, -0.1) is 0 Å². The second-order valence-corrected chi connectivity index (χ2v) is 6.69. The molecule has 19 heavy (non-hydrogen) atoms. The molecule has 106 valence electrons. The van der Waals surface area contributed by atoms with Crippen LogP contribution in [0.4, 0.5) is 5.69 Å². The van der Waals surface area contributed by atoms with Gasteiger partial charge in [-0.1, -0.05) is 26.0 Å². The standard InChI is InChI=1S/C17H28N2/c1-14(2)15-7-9-16(10-8-15)19-12-6-5-11-18-17(3,4)13-19/h7-10,14,18H,5-6,11-13H2,1-4H3. The van der Waals surface area contributed by atoms with Crippen molar-refractivity contribution < 1.29 is 0 Å². The fourth-order valence-electron chi connectivity index (χ4n) is 2.76. The first-order valence-electron chi connectivity index (χ1n) is 7.58. The summed E-state index contributed by atoms with van der Waals surface area (Å²) in [6, 6.07) is 9.12. The first-order chi connectivity index (χ1) is 8.98. The highest BCUT2D eigenvalue weighted by Gasteiger charge is 2.23. The van der Waals surface area contributed by atoms with Gasteiger partial charge >= 0.3 is 0 Å². The largest absolute Gasteiger partial charge is 0.370 e. The summed E-state index contributed by atoms with van der Waals surface area (Å²) in [5, 5.41) is 3.65. The SMILES string of the molecule is CC(C)c1ccc(N2CCCCNC(C)(C)C2)cc1. The number of benzene rings is 1. The molecule has 0 radical (unpaired) electrons. The van der Waals surface area contributed by atoms with Crippen LogP contribution in [0.15, 0.2) is 24.3 Å². The van der Waals surface area contributed by atoms with E-state index in [9.17, 15) is 0 Å². The molecule has 1 aliphatic heterocycles. The summed E-state index contributed by atoms with van der Waals surface area (Å²) in [5.41, 5.74) is 2.98. The summed E-state index contributed by atoms with van der Waals surface area (Å²) in [7, 11) is 0. The third kappa shape index (κ3) is 3.97. The first kappa shape index (κ1) is 14.4.